The molecule has 0 aliphatic heterocycles. The molecule has 0 atom stereocenters. The Hall–Kier alpha value is -1.64. The van der Waals surface area contributed by atoms with E-state index in [-0.39, 0.29) is 0 Å². The third-order valence-electron chi connectivity index (χ3n) is 1.42. The van der Waals surface area contributed by atoms with Gasteiger partial charge in [0.15, 0.2) is 6.29 Å². The summed E-state index contributed by atoms with van der Waals surface area (Å²) in [5.74, 6) is 0.585. The van der Waals surface area contributed by atoms with Gasteiger partial charge >= 0.3 is 0 Å². The summed E-state index contributed by atoms with van der Waals surface area (Å²) < 4.78 is 0. The molecule has 0 aliphatic rings. The highest BCUT2D eigenvalue weighted by Crippen LogP contribution is 2.20. The molecule has 0 amide bonds. The second kappa shape index (κ2) is 2.96. The van der Waals surface area contributed by atoms with Crippen molar-refractivity contribution in [2.24, 2.45) is 4.99 Å². The van der Waals surface area contributed by atoms with Gasteiger partial charge in [-0.25, -0.2) is 4.99 Å². The highest BCUT2D eigenvalue weighted by atomic mass is 16.1. The standard InChI is InChI=1S/C8H8N2O/c1-3-7-6(5-11)4-10-8(7)9-2/h3-5,10H,1-2H2. The zero-order valence-electron chi connectivity index (χ0n) is 6.00. The van der Waals surface area contributed by atoms with E-state index in [9.17, 15) is 4.79 Å². The molecule has 0 radical (unpaired) electrons. The summed E-state index contributed by atoms with van der Waals surface area (Å²) in [6, 6.07) is 0. The molecule has 0 bridgehead atoms. The van der Waals surface area contributed by atoms with Gasteiger partial charge in [-0.2, -0.15) is 0 Å². The minimum Gasteiger partial charge on any atom is -0.345 e. The first kappa shape index (κ1) is 7.47. The Morgan fingerprint density at radius 2 is 2.36 bits per heavy atom. The molecule has 0 unspecified atom stereocenters. The number of hydrogen-bond acceptors (Lipinski definition) is 2. The third-order valence-corrected chi connectivity index (χ3v) is 1.42. The first-order valence-electron chi connectivity index (χ1n) is 3.09. The lowest BCUT2D eigenvalue weighted by atomic mass is 10.2. The average Bonchev–Trinajstić information content (AvgIpc) is 2.45. The molecule has 1 rings (SSSR count). The van der Waals surface area contributed by atoms with Crippen LogP contribution >= 0.6 is 0 Å². The number of H-pyrrole nitrogens is 1. The Morgan fingerprint density at radius 3 is 2.82 bits per heavy atom. The molecule has 56 valence electrons. The molecule has 3 nitrogen and oxygen atoms in total. The van der Waals surface area contributed by atoms with Crippen LogP contribution in [0.1, 0.15) is 15.9 Å². The first-order chi connectivity index (χ1) is 5.33. The minimum absolute atomic E-state index is 0.558. The molecule has 0 fully saturated rings. The summed E-state index contributed by atoms with van der Waals surface area (Å²) in [6.45, 7) is 6.90. The number of aromatic nitrogens is 1. The second-order valence-corrected chi connectivity index (χ2v) is 1.99. The number of carbonyl (C=O) groups excluding carboxylic acids is 1. The van der Waals surface area contributed by atoms with Crippen LogP contribution in [0.15, 0.2) is 17.8 Å². The fourth-order valence-electron chi connectivity index (χ4n) is 0.881. The predicted octanol–water partition coefficient (Wildman–Crippen LogP) is 1.80. The molecule has 1 aromatic heterocycles. The van der Waals surface area contributed by atoms with E-state index < -0.39 is 0 Å². The van der Waals surface area contributed by atoms with Crippen LogP contribution < -0.4 is 0 Å². The number of hydrogen-bond donors (Lipinski definition) is 1. The van der Waals surface area contributed by atoms with Gasteiger partial charge in [-0.15, -0.1) is 0 Å². The number of nitrogens with zero attached hydrogens (tertiary/aromatic N) is 1. The smallest absolute Gasteiger partial charge is 0.152 e. The van der Waals surface area contributed by atoms with Crippen molar-refractivity contribution >= 4 is 24.9 Å². The van der Waals surface area contributed by atoms with Crippen molar-refractivity contribution < 1.29 is 4.79 Å². The number of aldehydes is 1. The topological polar surface area (TPSA) is 45.2 Å². The SMILES string of the molecule is C=Cc1c(C=O)c[nH]c1N=C. The molecule has 1 aromatic rings. The molecule has 0 spiro atoms. The Balaban J connectivity index is 3.29. The summed E-state index contributed by atoms with van der Waals surface area (Å²) in [7, 11) is 0. The van der Waals surface area contributed by atoms with E-state index in [2.05, 4.69) is 23.3 Å². The van der Waals surface area contributed by atoms with E-state index in [1.54, 1.807) is 12.3 Å². The highest BCUT2D eigenvalue weighted by Gasteiger charge is 2.04. The normalized spacial score (nSPS) is 9.09. The van der Waals surface area contributed by atoms with Crippen molar-refractivity contribution in [1.82, 2.24) is 4.98 Å². The van der Waals surface area contributed by atoms with E-state index in [1.165, 1.54) is 0 Å². The van der Waals surface area contributed by atoms with E-state index in [0.29, 0.717) is 16.9 Å². The lowest BCUT2D eigenvalue weighted by Crippen LogP contribution is -1.76. The van der Waals surface area contributed by atoms with Gasteiger partial charge in [0.25, 0.3) is 0 Å². The van der Waals surface area contributed by atoms with Crippen LogP contribution in [0, 0.1) is 0 Å². The van der Waals surface area contributed by atoms with E-state index in [0.717, 1.165) is 6.29 Å². The lowest BCUT2D eigenvalue weighted by Gasteiger charge is -1.89. The van der Waals surface area contributed by atoms with Gasteiger partial charge < -0.3 is 4.98 Å². The monoisotopic (exact) mass is 148 g/mol. The first-order valence-corrected chi connectivity index (χ1v) is 3.09. The maximum absolute atomic E-state index is 10.4. The van der Waals surface area contributed by atoms with Crippen LogP contribution in [0.2, 0.25) is 0 Å². The molecule has 1 heterocycles. The van der Waals surface area contributed by atoms with E-state index >= 15 is 0 Å². The maximum atomic E-state index is 10.4. The molecule has 1 N–H and O–H groups in total. The fraction of sp³-hybridized carbons (Fsp3) is 0. The maximum Gasteiger partial charge on any atom is 0.152 e. The predicted molar refractivity (Wildman–Crippen MR) is 45.5 cm³/mol. The van der Waals surface area contributed by atoms with Crippen LogP contribution in [0.3, 0.4) is 0 Å². The van der Waals surface area contributed by atoms with Crippen molar-refractivity contribution in [1.29, 1.82) is 0 Å². The number of carbonyl (C=O) groups is 1. The van der Waals surface area contributed by atoms with Crippen LogP contribution in [0.25, 0.3) is 6.08 Å². The van der Waals surface area contributed by atoms with Crippen molar-refractivity contribution in [2.75, 3.05) is 0 Å². The summed E-state index contributed by atoms with van der Waals surface area (Å²) >= 11 is 0. The Morgan fingerprint density at radius 1 is 1.64 bits per heavy atom. The Labute approximate surface area is 64.5 Å². The quantitative estimate of drug-likeness (QED) is 0.515. The molecule has 0 saturated carbocycles. The number of rotatable bonds is 3. The second-order valence-electron chi connectivity index (χ2n) is 1.99. The largest absolute Gasteiger partial charge is 0.345 e. The molecular weight excluding hydrogens is 140 g/mol. The van der Waals surface area contributed by atoms with Gasteiger partial charge in [0, 0.05) is 17.3 Å². The summed E-state index contributed by atoms with van der Waals surface area (Å²) in [6.07, 6.45) is 3.90. The van der Waals surface area contributed by atoms with Crippen molar-refractivity contribution in [3.8, 4) is 0 Å². The van der Waals surface area contributed by atoms with Gasteiger partial charge in [-0.3, -0.25) is 4.79 Å². The van der Waals surface area contributed by atoms with Gasteiger partial charge in [0.1, 0.15) is 5.82 Å². The molecule has 0 saturated heterocycles. The van der Waals surface area contributed by atoms with Crippen LogP contribution in [0.4, 0.5) is 5.82 Å². The number of nitrogens with one attached hydrogen (secondary N) is 1. The molecular formula is C8H8N2O. The minimum atomic E-state index is 0.558. The van der Waals surface area contributed by atoms with Crippen molar-refractivity contribution in [2.45, 2.75) is 0 Å². The third kappa shape index (κ3) is 1.12. The zero-order valence-corrected chi connectivity index (χ0v) is 6.00. The van der Waals surface area contributed by atoms with Gasteiger partial charge in [0.05, 0.1) is 0 Å². The average molecular weight is 148 g/mol. The summed E-state index contributed by atoms with van der Waals surface area (Å²) in [5, 5.41) is 0. The summed E-state index contributed by atoms with van der Waals surface area (Å²) in [5.41, 5.74) is 1.26. The van der Waals surface area contributed by atoms with Crippen LogP contribution in [0.5, 0.6) is 0 Å². The number of aromatic amines is 1. The van der Waals surface area contributed by atoms with E-state index in [4.69, 9.17) is 0 Å². The highest BCUT2D eigenvalue weighted by molar-refractivity contribution is 5.85. The van der Waals surface area contributed by atoms with E-state index in [1.807, 2.05) is 0 Å². The molecule has 0 aromatic carbocycles. The van der Waals surface area contributed by atoms with Crippen LogP contribution in [-0.4, -0.2) is 18.0 Å². The Kier molecular flexibility index (Phi) is 2.01. The fourth-order valence-corrected chi connectivity index (χ4v) is 0.881. The van der Waals surface area contributed by atoms with Gasteiger partial charge in [0.2, 0.25) is 0 Å². The number of aliphatic imine (C=N–C) groups is 1. The van der Waals surface area contributed by atoms with Gasteiger partial charge in [-0.1, -0.05) is 12.7 Å². The summed E-state index contributed by atoms with van der Waals surface area (Å²) in [4.78, 5) is 16.9. The van der Waals surface area contributed by atoms with Crippen molar-refractivity contribution in [3.63, 3.8) is 0 Å². The molecule has 0 aliphatic carbocycles. The van der Waals surface area contributed by atoms with Crippen LogP contribution in [-0.2, 0) is 0 Å². The zero-order chi connectivity index (χ0) is 8.27. The van der Waals surface area contributed by atoms with Gasteiger partial charge in [-0.05, 0) is 6.72 Å². The molecule has 11 heavy (non-hydrogen) atoms. The van der Waals surface area contributed by atoms with Crippen molar-refractivity contribution in [3.05, 3.63) is 23.9 Å². The Bertz CT molecular complexity index is 274. The lowest BCUT2D eigenvalue weighted by molar-refractivity contribution is 0.112. The molecule has 3 heteroatoms.